The van der Waals surface area contributed by atoms with Crippen LogP contribution in [0.4, 0.5) is 11.4 Å². The monoisotopic (exact) mass is 319 g/mol. The lowest BCUT2D eigenvalue weighted by Crippen LogP contribution is -2.51. The number of hydrogen-bond donors (Lipinski definition) is 1. The van der Waals surface area contributed by atoms with Gasteiger partial charge < -0.3 is 10.0 Å². The van der Waals surface area contributed by atoms with E-state index in [9.17, 15) is 15.2 Å². The molecule has 6 heteroatoms. The second-order valence-corrected chi connectivity index (χ2v) is 6.55. The number of anilines is 1. The fourth-order valence-electron chi connectivity index (χ4n) is 3.85. The van der Waals surface area contributed by atoms with Crippen molar-refractivity contribution >= 4 is 11.4 Å². The molecule has 1 N–H and O–H groups in total. The summed E-state index contributed by atoms with van der Waals surface area (Å²) < 4.78 is 0. The zero-order valence-corrected chi connectivity index (χ0v) is 13.5. The zero-order chi connectivity index (χ0) is 16.2. The quantitative estimate of drug-likeness (QED) is 0.682. The highest BCUT2D eigenvalue weighted by molar-refractivity contribution is 5.64. The van der Waals surface area contributed by atoms with Crippen molar-refractivity contribution < 1.29 is 10.0 Å². The molecule has 126 valence electrons. The molecule has 23 heavy (non-hydrogen) atoms. The van der Waals surface area contributed by atoms with E-state index < -0.39 is 0 Å². The Labute approximate surface area is 136 Å². The fourth-order valence-corrected chi connectivity index (χ4v) is 3.85. The summed E-state index contributed by atoms with van der Waals surface area (Å²) in [4.78, 5) is 15.6. The minimum atomic E-state index is -0.329. The van der Waals surface area contributed by atoms with Gasteiger partial charge in [-0.05, 0) is 30.5 Å². The second-order valence-electron chi connectivity index (χ2n) is 6.55. The lowest BCUT2D eigenvalue weighted by Gasteiger charge is -2.41. The van der Waals surface area contributed by atoms with Gasteiger partial charge in [-0.25, -0.2) is 0 Å². The molecular formula is C17H25N3O3. The first-order valence-electron chi connectivity index (χ1n) is 8.56. The number of nitro benzene ring substituents is 1. The molecule has 0 bridgehead atoms. The lowest BCUT2D eigenvalue weighted by atomic mass is 9.94. The van der Waals surface area contributed by atoms with E-state index in [1.807, 2.05) is 0 Å². The van der Waals surface area contributed by atoms with Crippen molar-refractivity contribution in [3.05, 3.63) is 33.9 Å². The molecule has 1 aromatic rings. The summed E-state index contributed by atoms with van der Waals surface area (Å²) in [5, 5.41) is 20.6. The molecule has 2 aliphatic rings. The van der Waals surface area contributed by atoms with E-state index in [0.717, 1.165) is 31.7 Å². The third-order valence-electron chi connectivity index (χ3n) is 5.17. The molecule has 0 amide bonds. The summed E-state index contributed by atoms with van der Waals surface area (Å²) in [6, 6.07) is 5.59. The Morgan fingerprint density at radius 3 is 2.43 bits per heavy atom. The molecule has 0 spiro atoms. The van der Waals surface area contributed by atoms with Crippen molar-refractivity contribution in [3.63, 3.8) is 0 Å². The third kappa shape index (κ3) is 3.64. The van der Waals surface area contributed by atoms with Crippen LogP contribution in [-0.4, -0.2) is 47.2 Å². The van der Waals surface area contributed by atoms with Crippen LogP contribution in [0.5, 0.6) is 0 Å². The van der Waals surface area contributed by atoms with Gasteiger partial charge in [-0.2, -0.15) is 0 Å². The van der Waals surface area contributed by atoms with Gasteiger partial charge in [0.15, 0.2) is 0 Å². The topological polar surface area (TPSA) is 69.8 Å². The van der Waals surface area contributed by atoms with Crippen LogP contribution in [0.1, 0.15) is 37.7 Å². The van der Waals surface area contributed by atoms with Crippen molar-refractivity contribution in [1.82, 2.24) is 4.90 Å². The Balaban J connectivity index is 1.70. The van der Waals surface area contributed by atoms with Gasteiger partial charge in [0.2, 0.25) is 0 Å². The Hall–Kier alpha value is -1.66. The maximum Gasteiger partial charge on any atom is 0.292 e. The van der Waals surface area contributed by atoms with Crippen LogP contribution in [0.25, 0.3) is 0 Å². The number of rotatable bonds is 4. The normalized spacial score (nSPS) is 20.7. The molecule has 1 aliphatic heterocycles. The first kappa shape index (κ1) is 16.2. The Morgan fingerprint density at radius 2 is 1.83 bits per heavy atom. The van der Waals surface area contributed by atoms with E-state index in [0.29, 0.717) is 11.7 Å². The highest BCUT2D eigenvalue weighted by atomic mass is 16.6. The van der Waals surface area contributed by atoms with Gasteiger partial charge >= 0.3 is 0 Å². The Morgan fingerprint density at radius 1 is 1.13 bits per heavy atom. The number of piperazine rings is 1. The number of hydrogen-bond acceptors (Lipinski definition) is 5. The molecule has 0 unspecified atom stereocenters. The summed E-state index contributed by atoms with van der Waals surface area (Å²) in [5.74, 6) is 0. The molecule has 3 rings (SSSR count). The maximum absolute atomic E-state index is 11.3. The number of nitrogens with zero attached hydrogens (tertiary/aromatic N) is 3. The van der Waals surface area contributed by atoms with E-state index in [1.165, 1.54) is 38.2 Å². The van der Waals surface area contributed by atoms with Gasteiger partial charge in [0, 0.05) is 38.3 Å². The van der Waals surface area contributed by atoms with E-state index in [4.69, 9.17) is 0 Å². The minimum absolute atomic E-state index is 0.0902. The number of nitro groups is 1. The van der Waals surface area contributed by atoms with Crippen LogP contribution >= 0.6 is 0 Å². The molecule has 1 saturated carbocycles. The van der Waals surface area contributed by atoms with E-state index in [2.05, 4.69) is 9.80 Å². The molecular weight excluding hydrogens is 294 g/mol. The average molecular weight is 319 g/mol. The van der Waals surface area contributed by atoms with Gasteiger partial charge in [-0.15, -0.1) is 0 Å². The molecule has 0 atom stereocenters. The molecule has 1 saturated heterocycles. The SMILES string of the molecule is O=[N+]([O-])c1ccc(CO)cc1N1CCN(C2CCCCC2)CC1. The summed E-state index contributed by atoms with van der Waals surface area (Å²) in [5.41, 5.74) is 1.50. The third-order valence-corrected chi connectivity index (χ3v) is 5.17. The first-order chi connectivity index (χ1) is 11.2. The van der Waals surface area contributed by atoms with Crippen LogP contribution in [0, 0.1) is 10.1 Å². The molecule has 1 heterocycles. The zero-order valence-electron chi connectivity index (χ0n) is 13.5. The van der Waals surface area contributed by atoms with Crippen molar-refractivity contribution in [2.75, 3.05) is 31.1 Å². The van der Waals surface area contributed by atoms with Crippen LogP contribution in [0.2, 0.25) is 0 Å². The van der Waals surface area contributed by atoms with Crippen LogP contribution in [-0.2, 0) is 6.61 Å². The predicted octanol–water partition coefficient (Wildman–Crippen LogP) is 2.54. The summed E-state index contributed by atoms with van der Waals surface area (Å²) in [7, 11) is 0. The number of aliphatic hydroxyl groups excluding tert-OH is 1. The Bertz CT molecular complexity index is 550. The van der Waals surface area contributed by atoms with Gasteiger partial charge in [0.1, 0.15) is 5.69 Å². The average Bonchev–Trinajstić information content (AvgIpc) is 2.62. The van der Waals surface area contributed by atoms with Crippen molar-refractivity contribution in [3.8, 4) is 0 Å². The smallest absolute Gasteiger partial charge is 0.292 e. The standard InChI is InChI=1S/C17H25N3O3/c21-13-14-6-7-16(20(22)23)17(12-14)19-10-8-18(9-11-19)15-4-2-1-3-5-15/h6-7,12,15,21H,1-5,8-11,13H2. The number of benzene rings is 1. The maximum atomic E-state index is 11.3. The largest absolute Gasteiger partial charge is 0.392 e. The summed E-state index contributed by atoms with van der Waals surface area (Å²) in [6.45, 7) is 3.46. The molecule has 1 aromatic carbocycles. The summed E-state index contributed by atoms with van der Waals surface area (Å²) in [6.07, 6.45) is 6.60. The van der Waals surface area contributed by atoms with E-state index in [-0.39, 0.29) is 17.2 Å². The predicted molar refractivity (Wildman–Crippen MR) is 89.7 cm³/mol. The van der Waals surface area contributed by atoms with Crippen LogP contribution < -0.4 is 4.90 Å². The minimum Gasteiger partial charge on any atom is -0.392 e. The van der Waals surface area contributed by atoms with E-state index >= 15 is 0 Å². The molecule has 2 fully saturated rings. The van der Waals surface area contributed by atoms with Gasteiger partial charge in [-0.3, -0.25) is 15.0 Å². The van der Waals surface area contributed by atoms with Gasteiger partial charge in [0.05, 0.1) is 11.5 Å². The molecule has 0 radical (unpaired) electrons. The van der Waals surface area contributed by atoms with Gasteiger partial charge in [0.25, 0.3) is 5.69 Å². The fraction of sp³-hybridized carbons (Fsp3) is 0.647. The highest BCUT2D eigenvalue weighted by Gasteiger charge is 2.28. The number of aliphatic hydroxyl groups is 1. The van der Waals surface area contributed by atoms with Crippen molar-refractivity contribution in [1.29, 1.82) is 0 Å². The summed E-state index contributed by atoms with van der Waals surface area (Å²) >= 11 is 0. The van der Waals surface area contributed by atoms with Crippen LogP contribution in [0.15, 0.2) is 18.2 Å². The highest BCUT2D eigenvalue weighted by Crippen LogP contribution is 2.31. The molecule has 0 aromatic heterocycles. The second kappa shape index (κ2) is 7.27. The van der Waals surface area contributed by atoms with Crippen molar-refractivity contribution in [2.24, 2.45) is 0 Å². The Kier molecular flexibility index (Phi) is 5.13. The first-order valence-corrected chi connectivity index (χ1v) is 8.56. The molecule has 6 nitrogen and oxygen atoms in total. The van der Waals surface area contributed by atoms with Crippen molar-refractivity contribution in [2.45, 2.75) is 44.8 Å². The van der Waals surface area contributed by atoms with Crippen LogP contribution in [0.3, 0.4) is 0 Å². The van der Waals surface area contributed by atoms with E-state index in [1.54, 1.807) is 12.1 Å². The van der Waals surface area contributed by atoms with Gasteiger partial charge in [-0.1, -0.05) is 19.3 Å². The molecule has 1 aliphatic carbocycles. The lowest BCUT2D eigenvalue weighted by molar-refractivity contribution is -0.384.